The van der Waals surface area contributed by atoms with E-state index in [1.165, 1.54) is 16.7 Å². The van der Waals surface area contributed by atoms with Crippen LogP contribution in [0.3, 0.4) is 0 Å². The monoisotopic (exact) mass is 344 g/mol. The number of carbonyl (C=O) groups is 1. The molecule has 1 aliphatic carbocycles. The molecule has 112 valence electrons. The Hall–Kier alpha value is -1.45. The van der Waals surface area contributed by atoms with Crippen molar-refractivity contribution < 1.29 is 18.3 Å². The summed E-state index contributed by atoms with van der Waals surface area (Å²) >= 11 is 2.23. The van der Waals surface area contributed by atoms with Gasteiger partial charge in [0, 0.05) is 4.88 Å². The Bertz CT molecular complexity index is 798. The summed E-state index contributed by atoms with van der Waals surface area (Å²) in [6.45, 7) is 1.58. The molecule has 0 unspecified atom stereocenters. The quantitative estimate of drug-likeness (QED) is 0.888. The predicted molar refractivity (Wildman–Crippen MR) is 81.0 cm³/mol. The first-order valence-electron chi connectivity index (χ1n) is 6.21. The van der Waals surface area contributed by atoms with Crippen LogP contribution in [0.2, 0.25) is 0 Å². The van der Waals surface area contributed by atoms with Crippen LogP contribution in [0.25, 0.3) is 0 Å². The summed E-state index contributed by atoms with van der Waals surface area (Å²) in [6.07, 6.45) is 2.84. The molecule has 0 saturated heterocycles. The van der Waals surface area contributed by atoms with Gasteiger partial charge in [-0.15, -0.1) is 22.7 Å². The van der Waals surface area contributed by atoms with Crippen molar-refractivity contribution in [1.82, 2.24) is 4.98 Å². The van der Waals surface area contributed by atoms with Crippen molar-refractivity contribution in [3.63, 3.8) is 0 Å². The van der Waals surface area contributed by atoms with Crippen LogP contribution >= 0.6 is 22.7 Å². The van der Waals surface area contributed by atoms with Gasteiger partial charge < -0.3 is 5.11 Å². The number of anilines is 1. The normalized spacial score (nSPS) is 14.1. The summed E-state index contributed by atoms with van der Waals surface area (Å²) in [5.74, 6) is -1.24. The lowest BCUT2D eigenvalue weighted by molar-refractivity contribution is 0.0698. The largest absolute Gasteiger partial charge is 0.477 e. The zero-order valence-corrected chi connectivity index (χ0v) is 13.5. The number of hydrogen-bond acceptors (Lipinski definition) is 6. The lowest BCUT2D eigenvalue weighted by Crippen LogP contribution is -2.16. The summed E-state index contributed by atoms with van der Waals surface area (Å²) in [6, 6.07) is 0. The fraction of sp³-hybridized carbons (Fsp3) is 0.333. The third-order valence-corrected chi connectivity index (χ3v) is 7.14. The molecule has 2 N–H and O–H groups in total. The number of aryl methyl sites for hydroxylation is 3. The molecule has 9 heteroatoms. The van der Waals surface area contributed by atoms with E-state index >= 15 is 0 Å². The molecule has 0 aliphatic heterocycles. The van der Waals surface area contributed by atoms with Crippen molar-refractivity contribution in [2.24, 2.45) is 0 Å². The molecule has 21 heavy (non-hydrogen) atoms. The van der Waals surface area contributed by atoms with Gasteiger partial charge in [0.1, 0.15) is 9.77 Å². The molecule has 6 nitrogen and oxygen atoms in total. The van der Waals surface area contributed by atoms with E-state index in [4.69, 9.17) is 5.11 Å². The highest BCUT2D eigenvalue weighted by Gasteiger charge is 2.28. The maximum absolute atomic E-state index is 12.4. The molecule has 0 bridgehead atoms. The molecule has 0 amide bonds. The lowest BCUT2D eigenvalue weighted by atomic mass is 10.3. The van der Waals surface area contributed by atoms with Crippen LogP contribution in [0.15, 0.2) is 10.3 Å². The molecule has 2 heterocycles. The van der Waals surface area contributed by atoms with E-state index in [1.54, 1.807) is 6.92 Å². The van der Waals surface area contributed by atoms with Crippen molar-refractivity contribution in [2.45, 2.75) is 31.1 Å². The minimum Gasteiger partial charge on any atom is -0.477 e. The number of hydrogen-bond donors (Lipinski definition) is 2. The standard InChI is InChI=1S/C12H12N2O4S3/c1-6-5-19-9(11(15)16)10(6)21(17,18)14-12-13-7-3-2-4-8(7)20-12/h5H,2-4H2,1H3,(H,13,14)(H,15,16). The molecule has 0 fully saturated rings. The van der Waals surface area contributed by atoms with Crippen molar-refractivity contribution in [3.8, 4) is 0 Å². The SMILES string of the molecule is Cc1csc(C(=O)O)c1S(=O)(=O)Nc1nc2c(s1)CCC2. The number of carboxylic acid groups (broad SMARTS) is 1. The molecule has 2 aromatic heterocycles. The number of aromatic nitrogens is 1. The summed E-state index contributed by atoms with van der Waals surface area (Å²) in [4.78, 5) is 16.2. The minimum absolute atomic E-state index is 0.171. The number of carboxylic acids is 1. The van der Waals surface area contributed by atoms with E-state index in [-0.39, 0.29) is 9.77 Å². The van der Waals surface area contributed by atoms with Gasteiger partial charge in [-0.05, 0) is 37.1 Å². The predicted octanol–water partition coefficient (Wildman–Crippen LogP) is 2.50. The maximum atomic E-state index is 12.4. The van der Waals surface area contributed by atoms with Crippen molar-refractivity contribution in [2.75, 3.05) is 4.72 Å². The van der Waals surface area contributed by atoms with Gasteiger partial charge >= 0.3 is 5.97 Å². The third kappa shape index (κ3) is 2.56. The number of sulfonamides is 1. The van der Waals surface area contributed by atoms with Crippen LogP contribution in [0, 0.1) is 6.92 Å². The maximum Gasteiger partial charge on any atom is 0.347 e. The van der Waals surface area contributed by atoms with Gasteiger partial charge in [0.25, 0.3) is 10.0 Å². The average Bonchev–Trinajstić information content (AvgIpc) is 3.01. The molecule has 0 saturated carbocycles. The smallest absolute Gasteiger partial charge is 0.347 e. The zero-order chi connectivity index (χ0) is 15.2. The van der Waals surface area contributed by atoms with Crippen LogP contribution in [-0.2, 0) is 22.9 Å². The Morgan fingerprint density at radius 3 is 2.86 bits per heavy atom. The number of nitrogens with zero attached hydrogens (tertiary/aromatic N) is 1. The van der Waals surface area contributed by atoms with Crippen molar-refractivity contribution in [1.29, 1.82) is 0 Å². The second kappa shape index (κ2) is 5.08. The van der Waals surface area contributed by atoms with E-state index in [0.29, 0.717) is 10.7 Å². The number of nitrogens with one attached hydrogen (secondary N) is 1. The topological polar surface area (TPSA) is 96.4 Å². The van der Waals surface area contributed by atoms with Gasteiger partial charge in [0.2, 0.25) is 0 Å². The number of rotatable bonds is 4. The molecule has 2 aromatic rings. The number of aromatic carboxylic acids is 1. The third-order valence-electron chi connectivity index (χ3n) is 3.20. The summed E-state index contributed by atoms with van der Waals surface area (Å²) in [5, 5.41) is 10.9. The molecular formula is C12H12N2O4S3. The fourth-order valence-electron chi connectivity index (χ4n) is 2.31. The Labute approximate surface area is 129 Å². The summed E-state index contributed by atoms with van der Waals surface area (Å²) in [7, 11) is -3.94. The molecule has 1 aliphatic rings. The first-order chi connectivity index (χ1) is 9.88. The van der Waals surface area contributed by atoms with Crippen LogP contribution < -0.4 is 4.72 Å². The average molecular weight is 344 g/mol. The summed E-state index contributed by atoms with van der Waals surface area (Å²) < 4.78 is 27.3. The Morgan fingerprint density at radius 2 is 2.19 bits per heavy atom. The van der Waals surface area contributed by atoms with E-state index < -0.39 is 16.0 Å². The van der Waals surface area contributed by atoms with Crippen LogP contribution in [0.4, 0.5) is 5.13 Å². The van der Waals surface area contributed by atoms with Crippen LogP contribution in [0.1, 0.15) is 32.2 Å². The summed E-state index contributed by atoms with van der Waals surface area (Å²) in [5.41, 5.74) is 1.37. The highest BCUT2D eigenvalue weighted by molar-refractivity contribution is 7.93. The van der Waals surface area contributed by atoms with Crippen molar-refractivity contribution in [3.05, 3.63) is 26.4 Å². The molecule has 0 atom stereocenters. The minimum atomic E-state index is -3.94. The van der Waals surface area contributed by atoms with Crippen LogP contribution in [0.5, 0.6) is 0 Å². The van der Waals surface area contributed by atoms with E-state index in [9.17, 15) is 13.2 Å². The first-order valence-corrected chi connectivity index (χ1v) is 9.39. The van der Waals surface area contributed by atoms with Gasteiger partial charge in [0.05, 0.1) is 5.69 Å². The van der Waals surface area contributed by atoms with Gasteiger partial charge in [-0.25, -0.2) is 18.2 Å². The molecule has 3 rings (SSSR count). The number of thiophene rings is 1. The highest BCUT2D eigenvalue weighted by atomic mass is 32.2. The second-order valence-electron chi connectivity index (χ2n) is 4.73. The lowest BCUT2D eigenvalue weighted by Gasteiger charge is -2.06. The number of thiazole rings is 1. The molecule has 0 radical (unpaired) electrons. The van der Waals surface area contributed by atoms with Gasteiger partial charge in [-0.2, -0.15) is 0 Å². The highest BCUT2D eigenvalue weighted by Crippen LogP contribution is 2.33. The Kier molecular flexibility index (Phi) is 3.50. The zero-order valence-electron chi connectivity index (χ0n) is 11.0. The van der Waals surface area contributed by atoms with Gasteiger partial charge in [0.15, 0.2) is 5.13 Å². The second-order valence-corrected chi connectivity index (χ2v) is 8.31. The van der Waals surface area contributed by atoms with E-state index in [2.05, 4.69) is 9.71 Å². The van der Waals surface area contributed by atoms with Gasteiger partial charge in [-0.3, -0.25) is 4.72 Å². The van der Waals surface area contributed by atoms with E-state index in [0.717, 1.165) is 41.2 Å². The first kappa shape index (κ1) is 14.5. The van der Waals surface area contributed by atoms with Crippen molar-refractivity contribution >= 4 is 43.8 Å². The van der Waals surface area contributed by atoms with E-state index in [1.807, 2.05) is 0 Å². The van der Waals surface area contributed by atoms with Gasteiger partial charge in [-0.1, -0.05) is 0 Å². The Morgan fingerprint density at radius 1 is 1.43 bits per heavy atom. The fourth-order valence-corrected chi connectivity index (χ4v) is 6.23. The Balaban J connectivity index is 1.97. The molecule has 0 spiro atoms. The number of fused-ring (bicyclic) bond motifs is 1. The van der Waals surface area contributed by atoms with Crippen LogP contribution in [-0.4, -0.2) is 24.5 Å². The molecule has 0 aromatic carbocycles. The molecular weight excluding hydrogens is 332 g/mol.